The lowest BCUT2D eigenvalue weighted by atomic mass is 10.2. The number of halogens is 1. The summed E-state index contributed by atoms with van der Waals surface area (Å²) in [6.45, 7) is 1.19. The Labute approximate surface area is 94.0 Å². The number of urea groups is 1. The molecular weight excluding hydrogens is 207 g/mol. The summed E-state index contributed by atoms with van der Waals surface area (Å²) in [4.78, 5) is 11.3. The van der Waals surface area contributed by atoms with E-state index in [9.17, 15) is 9.18 Å². The number of nitrogens with one attached hydrogen (secondary N) is 2. The molecule has 2 amide bonds. The van der Waals surface area contributed by atoms with Crippen LogP contribution in [0.2, 0.25) is 0 Å². The number of benzene rings is 1. The normalized spacial score (nSPS) is 14.6. The third kappa shape index (κ3) is 3.53. The number of hydrogen-bond acceptors (Lipinski definition) is 1. The summed E-state index contributed by atoms with van der Waals surface area (Å²) in [6, 6.07) is 5.95. The zero-order valence-electron chi connectivity index (χ0n) is 9.00. The van der Waals surface area contributed by atoms with Crippen molar-refractivity contribution in [3.63, 3.8) is 0 Å². The van der Waals surface area contributed by atoms with Crippen LogP contribution < -0.4 is 10.6 Å². The number of carbonyl (C=O) groups is 1. The minimum atomic E-state index is -0.262. The van der Waals surface area contributed by atoms with Gasteiger partial charge in [0.05, 0.1) is 0 Å². The molecule has 0 heterocycles. The van der Waals surface area contributed by atoms with Crippen LogP contribution in [0.25, 0.3) is 0 Å². The second kappa shape index (κ2) is 4.96. The van der Waals surface area contributed by atoms with Crippen molar-refractivity contribution in [3.05, 3.63) is 35.6 Å². The Kier molecular flexibility index (Phi) is 3.39. The van der Waals surface area contributed by atoms with Gasteiger partial charge in [-0.3, -0.25) is 0 Å². The molecule has 4 heteroatoms. The largest absolute Gasteiger partial charge is 0.338 e. The summed E-state index contributed by atoms with van der Waals surface area (Å²) >= 11 is 0. The fourth-order valence-corrected chi connectivity index (χ4v) is 1.41. The molecule has 86 valence electrons. The highest BCUT2D eigenvalue weighted by Crippen LogP contribution is 2.27. The summed E-state index contributed by atoms with van der Waals surface area (Å²) in [5.74, 6) is 0.415. The van der Waals surface area contributed by atoms with Crippen molar-refractivity contribution in [2.24, 2.45) is 5.92 Å². The van der Waals surface area contributed by atoms with E-state index in [0.717, 1.165) is 12.1 Å². The summed E-state index contributed by atoms with van der Waals surface area (Å²) in [7, 11) is 0. The molecule has 0 bridgehead atoms. The van der Waals surface area contributed by atoms with Crippen LogP contribution in [0.15, 0.2) is 24.3 Å². The van der Waals surface area contributed by atoms with Crippen molar-refractivity contribution in [3.8, 4) is 0 Å². The molecule has 1 aliphatic rings. The van der Waals surface area contributed by atoms with Gasteiger partial charge in [-0.1, -0.05) is 12.1 Å². The van der Waals surface area contributed by atoms with Crippen molar-refractivity contribution in [1.29, 1.82) is 0 Å². The lowest BCUT2D eigenvalue weighted by Crippen LogP contribution is -2.36. The van der Waals surface area contributed by atoms with E-state index in [1.807, 2.05) is 0 Å². The molecule has 0 radical (unpaired) electrons. The number of carbonyl (C=O) groups excluding carboxylic acids is 1. The second-order valence-corrected chi connectivity index (χ2v) is 4.13. The van der Waals surface area contributed by atoms with E-state index in [0.29, 0.717) is 12.5 Å². The van der Waals surface area contributed by atoms with Gasteiger partial charge in [0.15, 0.2) is 0 Å². The molecule has 3 nitrogen and oxygen atoms in total. The van der Waals surface area contributed by atoms with Gasteiger partial charge in [-0.2, -0.15) is 0 Å². The Morgan fingerprint density at radius 2 is 1.94 bits per heavy atom. The predicted octanol–water partition coefficient (Wildman–Crippen LogP) is 2.03. The predicted molar refractivity (Wildman–Crippen MR) is 59.4 cm³/mol. The smallest absolute Gasteiger partial charge is 0.315 e. The molecule has 0 unspecified atom stereocenters. The SMILES string of the molecule is O=C(NCc1ccc(F)cc1)NCC1CC1. The van der Waals surface area contributed by atoms with Crippen molar-refractivity contribution in [2.75, 3.05) is 6.54 Å². The van der Waals surface area contributed by atoms with Crippen LogP contribution in [0.3, 0.4) is 0 Å². The lowest BCUT2D eigenvalue weighted by Gasteiger charge is -2.06. The van der Waals surface area contributed by atoms with Gasteiger partial charge >= 0.3 is 6.03 Å². The van der Waals surface area contributed by atoms with Crippen LogP contribution in [-0.2, 0) is 6.54 Å². The first-order chi connectivity index (χ1) is 7.74. The van der Waals surface area contributed by atoms with Gasteiger partial charge in [-0.25, -0.2) is 9.18 Å². The van der Waals surface area contributed by atoms with E-state index in [2.05, 4.69) is 10.6 Å². The minimum Gasteiger partial charge on any atom is -0.338 e. The monoisotopic (exact) mass is 222 g/mol. The topological polar surface area (TPSA) is 41.1 Å². The van der Waals surface area contributed by atoms with Gasteiger partial charge in [-0.05, 0) is 36.5 Å². The Balaban J connectivity index is 1.69. The minimum absolute atomic E-state index is 0.156. The molecule has 0 atom stereocenters. The summed E-state index contributed by atoms with van der Waals surface area (Å²) in [5.41, 5.74) is 0.892. The average Bonchev–Trinajstić information content (AvgIpc) is 3.09. The van der Waals surface area contributed by atoms with E-state index in [4.69, 9.17) is 0 Å². The Morgan fingerprint density at radius 1 is 1.25 bits per heavy atom. The highest BCUT2D eigenvalue weighted by molar-refractivity contribution is 5.73. The molecule has 0 saturated heterocycles. The van der Waals surface area contributed by atoms with Crippen LogP contribution in [0, 0.1) is 11.7 Å². The highest BCUT2D eigenvalue weighted by Gasteiger charge is 2.21. The molecule has 1 saturated carbocycles. The van der Waals surface area contributed by atoms with Gasteiger partial charge in [0.25, 0.3) is 0 Å². The Hall–Kier alpha value is -1.58. The van der Waals surface area contributed by atoms with Gasteiger partial charge in [-0.15, -0.1) is 0 Å². The highest BCUT2D eigenvalue weighted by atomic mass is 19.1. The maximum atomic E-state index is 12.6. The molecule has 0 aliphatic heterocycles. The second-order valence-electron chi connectivity index (χ2n) is 4.13. The van der Waals surface area contributed by atoms with E-state index in [-0.39, 0.29) is 11.8 Å². The molecular formula is C12H15FN2O. The van der Waals surface area contributed by atoms with Gasteiger partial charge in [0, 0.05) is 13.1 Å². The van der Waals surface area contributed by atoms with E-state index < -0.39 is 0 Å². The first-order valence-corrected chi connectivity index (χ1v) is 5.50. The van der Waals surface area contributed by atoms with E-state index in [1.165, 1.54) is 25.0 Å². The molecule has 0 spiro atoms. The average molecular weight is 222 g/mol. The number of rotatable bonds is 4. The molecule has 0 aromatic heterocycles. The molecule has 1 aromatic carbocycles. The molecule has 1 aliphatic carbocycles. The zero-order chi connectivity index (χ0) is 11.4. The number of hydrogen-bond donors (Lipinski definition) is 2. The summed E-state index contributed by atoms with van der Waals surface area (Å²) in [5, 5.41) is 5.53. The molecule has 1 fully saturated rings. The van der Waals surface area contributed by atoms with Crippen LogP contribution in [0.4, 0.5) is 9.18 Å². The van der Waals surface area contributed by atoms with Gasteiger partial charge in [0.1, 0.15) is 5.82 Å². The van der Waals surface area contributed by atoms with Crippen molar-refractivity contribution in [2.45, 2.75) is 19.4 Å². The third-order valence-corrected chi connectivity index (χ3v) is 2.61. The molecule has 1 aromatic rings. The number of amides is 2. The maximum absolute atomic E-state index is 12.6. The summed E-state index contributed by atoms with van der Waals surface area (Å²) < 4.78 is 12.6. The summed E-state index contributed by atoms with van der Waals surface area (Å²) in [6.07, 6.45) is 2.44. The lowest BCUT2D eigenvalue weighted by molar-refractivity contribution is 0.240. The first-order valence-electron chi connectivity index (χ1n) is 5.50. The van der Waals surface area contributed by atoms with Crippen molar-refractivity contribution >= 4 is 6.03 Å². The standard InChI is InChI=1S/C12H15FN2O/c13-11-5-3-10(4-6-11)8-15-12(16)14-7-9-1-2-9/h3-6,9H,1-2,7-8H2,(H2,14,15,16). The van der Waals surface area contributed by atoms with Crippen LogP contribution in [0.1, 0.15) is 18.4 Å². The van der Waals surface area contributed by atoms with Crippen molar-refractivity contribution < 1.29 is 9.18 Å². The van der Waals surface area contributed by atoms with Crippen molar-refractivity contribution in [1.82, 2.24) is 10.6 Å². The van der Waals surface area contributed by atoms with Gasteiger partial charge < -0.3 is 10.6 Å². The molecule has 16 heavy (non-hydrogen) atoms. The Morgan fingerprint density at radius 3 is 2.56 bits per heavy atom. The third-order valence-electron chi connectivity index (χ3n) is 2.61. The molecule has 2 N–H and O–H groups in total. The van der Waals surface area contributed by atoms with Gasteiger partial charge in [0.2, 0.25) is 0 Å². The maximum Gasteiger partial charge on any atom is 0.315 e. The van der Waals surface area contributed by atoms with Crippen LogP contribution in [-0.4, -0.2) is 12.6 Å². The molecule has 2 rings (SSSR count). The van der Waals surface area contributed by atoms with E-state index in [1.54, 1.807) is 12.1 Å². The first kappa shape index (κ1) is 10.9. The van der Waals surface area contributed by atoms with Crippen LogP contribution in [0.5, 0.6) is 0 Å². The Bertz CT molecular complexity index is 360. The fraction of sp³-hybridized carbons (Fsp3) is 0.417. The zero-order valence-corrected chi connectivity index (χ0v) is 9.00. The fourth-order valence-electron chi connectivity index (χ4n) is 1.41. The van der Waals surface area contributed by atoms with E-state index >= 15 is 0 Å². The quantitative estimate of drug-likeness (QED) is 0.804. The van der Waals surface area contributed by atoms with Crippen LogP contribution >= 0.6 is 0 Å².